The van der Waals surface area contributed by atoms with Gasteiger partial charge >= 0.3 is 17.1 Å². The van der Waals surface area contributed by atoms with Gasteiger partial charge in [-0.25, -0.2) is 28.1 Å². The summed E-state index contributed by atoms with van der Waals surface area (Å²) >= 11 is 0. The van der Waals surface area contributed by atoms with Crippen molar-refractivity contribution in [3.8, 4) is 0 Å². The second kappa shape index (κ2) is 8.55. The third-order valence-corrected chi connectivity index (χ3v) is 2.94. The molecule has 0 saturated carbocycles. The quantitative estimate of drug-likeness (QED) is 0.529. The molecule has 0 aliphatic heterocycles. The molecule has 1 aromatic heterocycles. The van der Waals surface area contributed by atoms with Crippen molar-refractivity contribution in [2.75, 3.05) is 41.2 Å². The molecule has 0 amide bonds. The van der Waals surface area contributed by atoms with Crippen LogP contribution in [0, 0.1) is 0 Å². The lowest BCUT2D eigenvalue weighted by atomic mass is 10.6. The average molecular weight is 303 g/mol. The van der Waals surface area contributed by atoms with Crippen LogP contribution in [0.1, 0.15) is 0 Å². The topological polar surface area (TPSA) is 93.7 Å². The predicted molar refractivity (Wildman–Crippen MR) is 74.9 cm³/mol. The highest BCUT2D eigenvalue weighted by Gasteiger charge is 2.14. The van der Waals surface area contributed by atoms with Gasteiger partial charge in [-0.2, -0.15) is 0 Å². The van der Waals surface area contributed by atoms with E-state index in [4.69, 9.17) is 14.2 Å². The molecule has 1 aromatic rings. The Morgan fingerprint density at radius 3 is 1.05 bits per heavy atom. The van der Waals surface area contributed by atoms with Gasteiger partial charge in [0.1, 0.15) is 0 Å². The maximum Gasteiger partial charge on any atom is 0.336 e. The fraction of sp³-hybridized carbons (Fsp3) is 0.750. The molecule has 0 N–H and O–H groups in total. The van der Waals surface area contributed by atoms with Crippen molar-refractivity contribution >= 4 is 0 Å². The summed E-state index contributed by atoms with van der Waals surface area (Å²) in [5, 5.41) is 0. The molecule has 9 heteroatoms. The van der Waals surface area contributed by atoms with Crippen LogP contribution >= 0.6 is 0 Å². The van der Waals surface area contributed by atoms with E-state index in [-0.39, 0.29) is 39.5 Å². The van der Waals surface area contributed by atoms with E-state index in [2.05, 4.69) is 0 Å². The van der Waals surface area contributed by atoms with Crippen LogP contribution in [0.25, 0.3) is 0 Å². The van der Waals surface area contributed by atoms with Crippen LogP contribution in [0.3, 0.4) is 0 Å². The van der Waals surface area contributed by atoms with Crippen molar-refractivity contribution in [1.82, 2.24) is 13.7 Å². The van der Waals surface area contributed by atoms with Gasteiger partial charge in [0.25, 0.3) is 0 Å². The van der Waals surface area contributed by atoms with Gasteiger partial charge in [-0.1, -0.05) is 0 Å². The molecule has 0 aliphatic carbocycles. The van der Waals surface area contributed by atoms with Crippen LogP contribution in [-0.4, -0.2) is 54.9 Å². The summed E-state index contributed by atoms with van der Waals surface area (Å²) in [7, 11) is 4.40. The smallest absolute Gasteiger partial charge is 0.336 e. The van der Waals surface area contributed by atoms with Crippen molar-refractivity contribution in [3.05, 3.63) is 31.5 Å². The Labute approximate surface area is 121 Å². The Hall–Kier alpha value is -1.71. The number of hydrogen-bond donors (Lipinski definition) is 0. The highest BCUT2D eigenvalue weighted by Crippen LogP contribution is 1.81. The Morgan fingerprint density at radius 2 is 0.857 bits per heavy atom. The van der Waals surface area contributed by atoms with E-state index in [1.165, 1.54) is 21.3 Å². The van der Waals surface area contributed by atoms with E-state index in [0.29, 0.717) is 0 Å². The summed E-state index contributed by atoms with van der Waals surface area (Å²) in [4.78, 5) is 36.7. The summed E-state index contributed by atoms with van der Waals surface area (Å²) in [6.45, 7) is 0.822. The van der Waals surface area contributed by atoms with Crippen LogP contribution in [0.4, 0.5) is 0 Å². The first-order valence-electron chi connectivity index (χ1n) is 6.49. The van der Waals surface area contributed by atoms with Crippen LogP contribution in [0.15, 0.2) is 14.4 Å². The van der Waals surface area contributed by atoms with E-state index in [1.807, 2.05) is 0 Å². The average Bonchev–Trinajstić information content (AvgIpc) is 2.47. The van der Waals surface area contributed by atoms with E-state index < -0.39 is 17.1 Å². The van der Waals surface area contributed by atoms with Gasteiger partial charge in [-0.15, -0.1) is 0 Å². The lowest BCUT2D eigenvalue weighted by Crippen LogP contribution is -2.55. The van der Waals surface area contributed by atoms with Gasteiger partial charge in [0.2, 0.25) is 0 Å². The fourth-order valence-corrected chi connectivity index (χ4v) is 1.80. The maximum atomic E-state index is 12.2. The van der Waals surface area contributed by atoms with Crippen LogP contribution < -0.4 is 17.1 Å². The monoisotopic (exact) mass is 303 g/mol. The van der Waals surface area contributed by atoms with E-state index in [1.54, 1.807) is 0 Å². The largest absolute Gasteiger partial charge is 0.383 e. The van der Waals surface area contributed by atoms with Gasteiger partial charge < -0.3 is 14.2 Å². The first kappa shape index (κ1) is 17.3. The van der Waals surface area contributed by atoms with Gasteiger partial charge in [0, 0.05) is 21.3 Å². The number of ether oxygens (including phenoxy) is 3. The van der Waals surface area contributed by atoms with Crippen LogP contribution in [0.5, 0.6) is 0 Å². The van der Waals surface area contributed by atoms with Crippen molar-refractivity contribution in [2.45, 2.75) is 19.6 Å². The van der Waals surface area contributed by atoms with Gasteiger partial charge in [-0.3, -0.25) is 0 Å². The minimum atomic E-state index is -0.659. The standard InChI is InChI=1S/C12H21N3O6/c1-19-7-4-13-10(16)14(5-8-20-2)12(18)15(11(13)17)6-9-21-3/h4-9H2,1-3H3. The number of rotatable bonds is 9. The molecule has 0 unspecified atom stereocenters. The van der Waals surface area contributed by atoms with E-state index in [0.717, 1.165) is 13.7 Å². The third-order valence-electron chi connectivity index (χ3n) is 2.94. The van der Waals surface area contributed by atoms with Crippen molar-refractivity contribution in [3.63, 3.8) is 0 Å². The normalized spacial score (nSPS) is 11.0. The molecule has 120 valence electrons. The second-order valence-corrected chi connectivity index (χ2v) is 4.28. The molecule has 1 rings (SSSR count). The number of aromatic nitrogens is 3. The molecule has 0 spiro atoms. The molecule has 9 nitrogen and oxygen atoms in total. The Balaban J connectivity index is 3.39. The molecule has 0 aromatic carbocycles. The van der Waals surface area contributed by atoms with Crippen LogP contribution in [0.2, 0.25) is 0 Å². The molecule has 21 heavy (non-hydrogen) atoms. The second-order valence-electron chi connectivity index (χ2n) is 4.28. The van der Waals surface area contributed by atoms with E-state index in [9.17, 15) is 14.4 Å². The lowest BCUT2D eigenvalue weighted by Gasteiger charge is -2.13. The third kappa shape index (κ3) is 4.13. The summed E-state index contributed by atoms with van der Waals surface area (Å²) in [6, 6.07) is 0. The lowest BCUT2D eigenvalue weighted by molar-refractivity contribution is 0.166. The molecule has 0 bridgehead atoms. The minimum absolute atomic E-state index is 0.0778. The molecular weight excluding hydrogens is 282 g/mol. The Kier molecular flexibility index (Phi) is 7.06. The zero-order valence-corrected chi connectivity index (χ0v) is 12.5. The summed E-state index contributed by atoms with van der Waals surface area (Å²) in [5.74, 6) is 0. The first-order chi connectivity index (χ1) is 10.1. The van der Waals surface area contributed by atoms with Gasteiger partial charge in [-0.05, 0) is 0 Å². The number of hydrogen-bond acceptors (Lipinski definition) is 6. The SMILES string of the molecule is COCCn1c(=O)n(CCOC)c(=O)n(CCOC)c1=O. The van der Waals surface area contributed by atoms with Gasteiger partial charge in [0.05, 0.1) is 39.5 Å². The zero-order chi connectivity index (χ0) is 15.8. The molecule has 0 aliphatic rings. The summed E-state index contributed by atoms with van der Waals surface area (Å²) in [5.41, 5.74) is -1.98. The highest BCUT2D eigenvalue weighted by molar-refractivity contribution is 4.79. The molecule has 0 atom stereocenters. The van der Waals surface area contributed by atoms with Crippen LogP contribution in [-0.2, 0) is 33.8 Å². The zero-order valence-electron chi connectivity index (χ0n) is 12.5. The molecular formula is C12H21N3O6. The summed E-state index contributed by atoms with van der Waals surface area (Å²) < 4.78 is 17.6. The Bertz CT molecular complexity index is 499. The number of nitrogens with zero attached hydrogens (tertiary/aromatic N) is 3. The first-order valence-corrected chi connectivity index (χ1v) is 6.49. The molecule has 0 fully saturated rings. The summed E-state index contributed by atoms with van der Waals surface area (Å²) in [6.07, 6.45) is 0. The molecule has 1 heterocycles. The molecule has 0 saturated heterocycles. The predicted octanol–water partition coefficient (Wildman–Crippen LogP) is -1.89. The highest BCUT2D eigenvalue weighted by atomic mass is 16.5. The minimum Gasteiger partial charge on any atom is -0.383 e. The fourth-order valence-electron chi connectivity index (χ4n) is 1.80. The number of methoxy groups -OCH3 is 3. The van der Waals surface area contributed by atoms with Gasteiger partial charge in [0.15, 0.2) is 0 Å². The molecule has 0 radical (unpaired) electrons. The maximum absolute atomic E-state index is 12.2. The van der Waals surface area contributed by atoms with Crippen molar-refractivity contribution in [2.24, 2.45) is 0 Å². The van der Waals surface area contributed by atoms with Crippen molar-refractivity contribution < 1.29 is 14.2 Å². The van der Waals surface area contributed by atoms with E-state index >= 15 is 0 Å². The Morgan fingerprint density at radius 1 is 0.619 bits per heavy atom. The van der Waals surface area contributed by atoms with Crippen molar-refractivity contribution in [1.29, 1.82) is 0 Å².